The SMILES string of the molecule is O=C1[C@@H]2CC3=C(Cc4ccc5ccccc5c4)N2[C@@H](CN1CC1CCCO1)c1[nH]c2ccccc2c1O3. The molecule has 2 bridgehead atoms. The number of rotatable bonds is 4. The second-order valence-electron chi connectivity index (χ2n) is 10.8. The molecule has 1 amide bonds. The number of aromatic amines is 1. The van der Waals surface area contributed by atoms with E-state index in [1.807, 2.05) is 0 Å². The van der Waals surface area contributed by atoms with Crippen LogP contribution in [0.4, 0.5) is 0 Å². The minimum Gasteiger partial charge on any atom is -0.457 e. The van der Waals surface area contributed by atoms with Crippen LogP contribution in [-0.4, -0.2) is 52.5 Å². The van der Waals surface area contributed by atoms with Crippen molar-refractivity contribution >= 4 is 27.6 Å². The van der Waals surface area contributed by atoms with Crippen LogP contribution in [0.15, 0.2) is 78.2 Å². The van der Waals surface area contributed by atoms with Crippen molar-refractivity contribution in [3.63, 3.8) is 0 Å². The van der Waals surface area contributed by atoms with E-state index >= 15 is 0 Å². The third-order valence-electron chi connectivity index (χ3n) is 8.55. The summed E-state index contributed by atoms with van der Waals surface area (Å²) in [4.78, 5) is 21.9. The Labute approximate surface area is 215 Å². The Hall–Kier alpha value is -3.77. The third kappa shape index (κ3) is 3.32. The molecule has 8 rings (SSSR count). The van der Waals surface area contributed by atoms with Crippen LogP contribution >= 0.6 is 0 Å². The van der Waals surface area contributed by atoms with Gasteiger partial charge in [0.15, 0.2) is 5.75 Å². The van der Waals surface area contributed by atoms with Crippen molar-refractivity contribution in [1.82, 2.24) is 14.8 Å². The molecule has 1 aromatic heterocycles. The summed E-state index contributed by atoms with van der Waals surface area (Å²) in [5.74, 6) is 2.04. The summed E-state index contributed by atoms with van der Waals surface area (Å²) in [7, 11) is 0. The molecule has 3 atom stereocenters. The zero-order valence-corrected chi connectivity index (χ0v) is 20.7. The molecule has 0 radical (unpaired) electrons. The molecule has 4 aliphatic heterocycles. The molecule has 0 aliphatic carbocycles. The van der Waals surface area contributed by atoms with E-state index < -0.39 is 0 Å². The second kappa shape index (κ2) is 8.12. The summed E-state index contributed by atoms with van der Waals surface area (Å²) in [5.41, 5.74) is 4.52. The Morgan fingerprint density at radius 2 is 1.84 bits per heavy atom. The highest BCUT2D eigenvalue weighted by atomic mass is 16.5. The van der Waals surface area contributed by atoms with Crippen LogP contribution in [0.2, 0.25) is 0 Å². The van der Waals surface area contributed by atoms with Gasteiger partial charge >= 0.3 is 0 Å². The second-order valence-corrected chi connectivity index (χ2v) is 10.8. The Bertz CT molecular complexity index is 1580. The number of benzene rings is 3. The van der Waals surface area contributed by atoms with Gasteiger partial charge in [0.25, 0.3) is 0 Å². The molecule has 2 saturated heterocycles. The number of hydrogen-bond donors (Lipinski definition) is 1. The van der Waals surface area contributed by atoms with Crippen molar-refractivity contribution in [2.45, 2.75) is 43.9 Å². The minimum absolute atomic E-state index is 0.0157. The predicted molar refractivity (Wildman–Crippen MR) is 142 cm³/mol. The fourth-order valence-electron chi connectivity index (χ4n) is 6.80. The molecule has 4 aromatic rings. The average molecular weight is 492 g/mol. The summed E-state index contributed by atoms with van der Waals surface area (Å²) < 4.78 is 12.7. The van der Waals surface area contributed by atoms with E-state index in [1.165, 1.54) is 16.3 Å². The molecule has 186 valence electrons. The lowest BCUT2D eigenvalue weighted by Gasteiger charge is -2.45. The fraction of sp³-hybridized carbons (Fsp3) is 0.323. The van der Waals surface area contributed by atoms with Gasteiger partial charge in [-0.25, -0.2) is 0 Å². The molecule has 0 spiro atoms. The molecule has 5 heterocycles. The van der Waals surface area contributed by atoms with Gasteiger partial charge in [0.2, 0.25) is 5.91 Å². The number of carbonyl (C=O) groups excluding carboxylic acids is 1. The number of nitrogens with zero attached hydrogens (tertiary/aromatic N) is 2. The van der Waals surface area contributed by atoms with Crippen molar-refractivity contribution < 1.29 is 14.3 Å². The smallest absolute Gasteiger partial charge is 0.245 e. The molecule has 1 N–H and O–H groups in total. The van der Waals surface area contributed by atoms with Crippen LogP contribution in [0.3, 0.4) is 0 Å². The van der Waals surface area contributed by atoms with Crippen molar-refractivity contribution in [2.24, 2.45) is 0 Å². The monoisotopic (exact) mass is 491 g/mol. The lowest BCUT2D eigenvalue weighted by molar-refractivity contribution is -0.144. The summed E-state index contributed by atoms with van der Waals surface area (Å²) in [6, 6.07) is 23.2. The number of carbonyl (C=O) groups is 1. The summed E-state index contributed by atoms with van der Waals surface area (Å²) in [6.07, 6.45) is 3.60. The van der Waals surface area contributed by atoms with Gasteiger partial charge in [0.05, 0.1) is 23.5 Å². The Morgan fingerprint density at radius 1 is 0.973 bits per heavy atom. The highest BCUT2D eigenvalue weighted by Gasteiger charge is 2.51. The van der Waals surface area contributed by atoms with Gasteiger partial charge in [0.1, 0.15) is 11.8 Å². The maximum atomic E-state index is 13.8. The molecule has 2 fully saturated rings. The van der Waals surface area contributed by atoms with E-state index in [4.69, 9.17) is 9.47 Å². The molecule has 37 heavy (non-hydrogen) atoms. The molecule has 0 saturated carbocycles. The number of amides is 1. The standard InChI is InChI=1S/C31H29N3O3/c35-31-26-16-28-25(15-19-11-12-20-6-1-2-7-21(20)14-19)34(26)27(18-33(31)17-22-8-5-13-36-22)29-30(37-28)23-9-3-4-10-24(23)32-29/h1-4,6-7,9-12,14,22,26-27,32H,5,8,13,15-18H2/t22?,26-,27-/m0/s1. The topological polar surface area (TPSA) is 57.8 Å². The van der Waals surface area contributed by atoms with Gasteiger partial charge in [-0.15, -0.1) is 0 Å². The van der Waals surface area contributed by atoms with E-state index in [0.717, 1.165) is 59.7 Å². The van der Waals surface area contributed by atoms with Crippen LogP contribution in [0, 0.1) is 0 Å². The molecular weight excluding hydrogens is 462 g/mol. The largest absolute Gasteiger partial charge is 0.457 e. The van der Waals surface area contributed by atoms with Crippen LogP contribution < -0.4 is 4.74 Å². The molecule has 6 heteroatoms. The lowest BCUT2D eigenvalue weighted by Crippen LogP contribution is -2.57. The van der Waals surface area contributed by atoms with Gasteiger partial charge in [-0.3, -0.25) is 4.79 Å². The molecular formula is C31H29N3O3. The van der Waals surface area contributed by atoms with Gasteiger partial charge < -0.3 is 24.3 Å². The quantitative estimate of drug-likeness (QED) is 0.421. The fourth-order valence-corrected chi connectivity index (χ4v) is 6.80. The van der Waals surface area contributed by atoms with Crippen LogP contribution in [0.5, 0.6) is 5.75 Å². The van der Waals surface area contributed by atoms with Gasteiger partial charge in [-0.2, -0.15) is 0 Å². The van der Waals surface area contributed by atoms with Crippen molar-refractivity contribution in [1.29, 1.82) is 0 Å². The van der Waals surface area contributed by atoms with Crippen LogP contribution in [-0.2, 0) is 16.0 Å². The summed E-state index contributed by atoms with van der Waals surface area (Å²) in [5, 5.41) is 3.57. The lowest BCUT2D eigenvalue weighted by atomic mass is 9.99. The van der Waals surface area contributed by atoms with E-state index in [1.54, 1.807) is 0 Å². The van der Waals surface area contributed by atoms with Crippen molar-refractivity contribution in [3.8, 4) is 5.75 Å². The first-order chi connectivity index (χ1) is 18.2. The first kappa shape index (κ1) is 21.3. The first-order valence-electron chi connectivity index (χ1n) is 13.4. The maximum Gasteiger partial charge on any atom is 0.245 e. The summed E-state index contributed by atoms with van der Waals surface area (Å²) >= 11 is 0. The Kier molecular flexibility index (Phi) is 4.68. The highest BCUT2D eigenvalue weighted by molar-refractivity contribution is 5.90. The molecule has 1 unspecified atom stereocenters. The molecule has 4 aliphatic rings. The average Bonchev–Trinajstić information content (AvgIpc) is 3.63. The van der Waals surface area contributed by atoms with Crippen molar-refractivity contribution in [2.75, 3.05) is 19.7 Å². The Morgan fingerprint density at radius 3 is 2.73 bits per heavy atom. The normalized spacial score (nSPS) is 24.6. The molecule has 3 aromatic carbocycles. The van der Waals surface area contributed by atoms with E-state index in [-0.39, 0.29) is 24.1 Å². The number of H-pyrrole nitrogens is 1. The number of piperazine rings is 1. The number of para-hydroxylation sites is 1. The van der Waals surface area contributed by atoms with Gasteiger partial charge in [0, 0.05) is 43.4 Å². The van der Waals surface area contributed by atoms with Gasteiger partial charge in [-0.05, 0) is 41.3 Å². The zero-order valence-electron chi connectivity index (χ0n) is 20.7. The maximum absolute atomic E-state index is 13.8. The van der Waals surface area contributed by atoms with Crippen LogP contribution in [0.1, 0.15) is 36.6 Å². The first-order valence-corrected chi connectivity index (χ1v) is 13.4. The van der Waals surface area contributed by atoms with Gasteiger partial charge in [-0.1, -0.05) is 54.6 Å². The predicted octanol–water partition coefficient (Wildman–Crippen LogP) is 5.30. The van der Waals surface area contributed by atoms with Crippen molar-refractivity contribution in [3.05, 3.63) is 89.4 Å². The minimum atomic E-state index is -0.231. The van der Waals surface area contributed by atoms with E-state index in [2.05, 4.69) is 81.5 Å². The number of nitrogens with one attached hydrogen (secondary N) is 1. The number of ether oxygens (including phenoxy) is 2. The number of allylic oxidation sites excluding steroid dienone is 1. The zero-order chi connectivity index (χ0) is 24.5. The van der Waals surface area contributed by atoms with E-state index in [9.17, 15) is 4.79 Å². The summed E-state index contributed by atoms with van der Waals surface area (Å²) in [6.45, 7) is 2.10. The third-order valence-corrected chi connectivity index (χ3v) is 8.55. The highest BCUT2D eigenvalue weighted by Crippen LogP contribution is 2.50. The number of aromatic nitrogens is 1. The van der Waals surface area contributed by atoms with Crippen LogP contribution in [0.25, 0.3) is 21.7 Å². The Balaban J connectivity index is 1.22. The number of hydrogen-bond acceptors (Lipinski definition) is 4. The molecule has 6 nitrogen and oxygen atoms in total. The number of fused-ring (bicyclic) bond motifs is 5. The van der Waals surface area contributed by atoms with E-state index in [0.29, 0.717) is 19.5 Å².